The lowest BCUT2D eigenvalue weighted by Gasteiger charge is -2.42. The topological polar surface area (TPSA) is 57.2 Å². The Morgan fingerprint density at radius 3 is 2.24 bits per heavy atom. The first-order chi connectivity index (χ1) is 10.3. The molecule has 0 aromatic rings. The van der Waals surface area contributed by atoms with Gasteiger partial charge in [-0.05, 0) is 31.6 Å². The molecule has 0 atom stereocenters. The molecule has 5 nitrogen and oxygen atoms in total. The smallest absolute Gasteiger partial charge is 0.168 e. The minimum atomic E-state index is -0.362. The minimum Gasteiger partial charge on any atom is -0.396 e. The van der Waals surface area contributed by atoms with Crippen LogP contribution in [0.3, 0.4) is 0 Å². The van der Waals surface area contributed by atoms with Gasteiger partial charge < -0.3 is 24.1 Å². The molecule has 3 aliphatic rings. The first-order valence-corrected chi connectivity index (χ1v) is 8.30. The minimum absolute atomic E-state index is 0.105. The third kappa shape index (κ3) is 3.77. The standard InChI is InChI=1S/C16H28O5/c17-12-15(13-19-11-14-1-7-18-8-2-14)3-5-16(6-4-15)20-9-10-21-16/h14,17H,1-13H2. The number of aliphatic hydroxyl groups excluding tert-OH is 1. The first kappa shape index (κ1) is 15.7. The van der Waals surface area contributed by atoms with Crippen molar-refractivity contribution in [3.05, 3.63) is 0 Å². The Kier molecular flexibility index (Phi) is 5.17. The van der Waals surface area contributed by atoms with Gasteiger partial charge in [0, 0.05) is 38.1 Å². The van der Waals surface area contributed by atoms with E-state index in [1.807, 2.05) is 0 Å². The zero-order valence-corrected chi connectivity index (χ0v) is 12.8. The summed E-state index contributed by atoms with van der Waals surface area (Å²) in [4.78, 5) is 0. The molecule has 1 spiro atoms. The number of ether oxygens (including phenoxy) is 4. The molecule has 0 bridgehead atoms. The van der Waals surface area contributed by atoms with Crippen molar-refractivity contribution in [2.24, 2.45) is 11.3 Å². The van der Waals surface area contributed by atoms with Crippen LogP contribution in [0.15, 0.2) is 0 Å². The van der Waals surface area contributed by atoms with Crippen molar-refractivity contribution in [1.82, 2.24) is 0 Å². The summed E-state index contributed by atoms with van der Waals surface area (Å²) >= 11 is 0. The Hall–Kier alpha value is -0.200. The third-order valence-corrected chi connectivity index (χ3v) is 5.32. The zero-order chi connectivity index (χ0) is 14.6. The van der Waals surface area contributed by atoms with Gasteiger partial charge in [-0.2, -0.15) is 0 Å². The highest BCUT2D eigenvalue weighted by Gasteiger charge is 2.46. The maximum atomic E-state index is 9.83. The van der Waals surface area contributed by atoms with Gasteiger partial charge in [0.1, 0.15) is 0 Å². The highest BCUT2D eigenvalue weighted by molar-refractivity contribution is 4.91. The van der Waals surface area contributed by atoms with Crippen LogP contribution in [0.5, 0.6) is 0 Å². The second-order valence-corrected chi connectivity index (χ2v) is 6.84. The number of aliphatic hydroxyl groups is 1. The van der Waals surface area contributed by atoms with Gasteiger partial charge in [0.25, 0.3) is 0 Å². The van der Waals surface area contributed by atoms with Gasteiger partial charge in [-0.15, -0.1) is 0 Å². The van der Waals surface area contributed by atoms with Crippen LogP contribution in [-0.4, -0.2) is 57.1 Å². The molecule has 2 heterocycles. The normalized spacial score (nSPS) is 29.0. The highest BCUT2D eigenvalue weighted by atomic mass is 16.7. The number of rotatable bonds is 5. The second-order valence-electron chi connectivity index (χ2n) is 6.84. The predicted molar refractivity (Wildman–Crippen MR) is 77.0 cm³/mol. The van der Waals surface area contributed by atoms with Gasteiger partial charge in [0.2, 0.25) is 0 Å². The van der Waals surface area contributed by atoms with Crippen LogP contribution >= 0.6 is 0 Å². The molecule has 3 fully saturated rings. The van der Waals surface area contributed by atoms with Crippen molar-refractivity contribution in [3.63, 3.8) is 0 Å². The van der Waals surface area contributed by atoms with E-state index in [1.54, 1.807) is 0 Å². The van der Waals surface area contributed by atoms with E-state index in [2.05, 4.69) is 0 Å². The Morgan fingerprint density at radius 2 is 1.62 bits per heavy atom. The molecule has 0 unspecified atom stereocenters. The van der Waals surface area contributed by atoms with Gasteiger partial charge in [0.05, 0.1) is 26.4 Å². The van der Waals surface area contributed by atoms with E-state index < -0.39 is 0 Å². The van der Waals surface area contributed by atoms with Crippen LogP contribution in [0.2, 0.25) is 0 Å². The number of hydrogen-bond donors (Lipinski definition) is 1. The summed E-state index contributed by atoms with van der Waals surface area (Å²) in [5, 5.41) is 9.83. The molecule has 2 saturated heterocycles. The summed E-state index contributed by atoms with van der Waals surface area (Å²) < 4.78 is 22.8. The van der Waals surface area contributed by atoms with Crippen LogP contribution in [0, 0.1) is 11.3 Å². The van der Waals surface area contributed by atoms with E-state index in [0.29, 0.717) is 25.7 Å². The maximum absolute atomic E-state index is 9.83. The lowest BCUT2D eigenvalue weighted by molar-refractivity contribution is -0.200. The van der Waals surface area contributed by atoms with Crippen molar-refractivity contribution < 1.29 is 24.1 Å². The van der Waals surface area contributed by atoms with Crippen molar-refractivity contribution in [2.75, 3.05) is 46.2 Å². The van der Waals surface area contributed by atoms with Gasteiger partial charge in [-0.1, -0.05) is 0 Å². The molecule has 21 heavy (non-hydrogen) atoms. The Labute approximate surface area is 126 Å². The van der Waals surface area contributed by atoms with Gasteiger partial charge >= 0.3 is 0 Å². The summed E-state index contributed by atoms with van der Waals surface area (Å²) in [6.07, 6.45) is 5.75. The van der Waals surface area contributed by atoms with E-state index in [9.17, 15) is 5.11 Å². The lowest BCUT2D eigenvalue weighted by atomic mass is 9.73. The quantitative estimate of drug-likeness (QED) is 0.838. The van der Waals surface area contributed by atoms with Crippen molar-refractivity contribution >= 4 is 0 Å². The van der Waals surface area contributed by atoms with E-state index in [-0.39, 0.29) is 17.8 Å². The molecular formula is C16H28O5. The fraction of sp³-hybridized carbons (Fsp3) is 1.00. The molecule has 2 aliphatic heterocycles. The van der Waals surface area contributed by atoms with Crippen LogP contribution in [0.4, 0.5) is 0 Å². The van der Waals surface area contributed by atoms with Gasteiger partial charge in [-0.3, -0.25) is 0 Å². The molecule has 3 rings (SSSR count). The van der Waals surface area contributed by atoms with Crippen molar-refractivity contribution in [2.45, 2.75) is 44.3 Å². The Morgan fingerprint density at radius 1 is 0.952 bits per heavy atom. The van der Waals surface area contributed by atoms with Crippen LogP contribution < -0.4 is 0 Å². The van der Waals surface area contributed by atoms with Crippen LogP contribution in [-0.2, 0) is 18.9 Å². The van der Waals surface area contributed by atoms with E-state index in [0.717, 1.165) is 58.3 Å². The molecule has 0 aromatic heterocycles. The molecule has 0 amide bonds. The van der Waals surface area contributed by atoms with Gasteiger partial charge in [0.15, 0.2) is 5.79 Å². The predicted octanol–water partition coefficient (Wildman–Crippen LogP) is 1.73. The lowest BCUT2D eigenvalue weighted by Crippen LogP contribution is -2.44. The molecule has 122 valence electrons. The van der Waals surface area contributed by atoms with Crippen LogP contribution in [0.25, 0.3) is 0 Å². The van der Waals surface area contributed by atoms with Crippen molar-refractivity contribution in [1.29, 1.82) is 0 Å². The summed E-state index contributed by atoms with van der Waals surface area (Å²) in [5.74, 6) is 0.255. The second kappa shape index (κ2) is 6.92. The SMILES string of the molecule is OCC1(COCC2CCOCC2)CCC2(CC1)OCCO2. The maximum Gasteiger partial charge on any atom is 0.168 e. The molecule has 1 N–H and O–H groups in total. The van der Waals surface area contributed by atoms with Crippen LogP contribution in [0.1, 0.15) is 38.5 Å². The highest BCUT2D eigenvalue weighted by Crippen LogP contribution is 2.44. The average molecular weight is 300 g/mol. The van der Waals surface area contributed by atoms with Gasteiger partial charge in [-0.25, -0.2) is 0 Å². The largest absolute Gasteiger partial charge is 0.396 e. The molecule has 5 heteroatoms. The molecule has 0 radical (unpaired) electrons. The van der Waals surface area contributed by atoms with E-state index >= 15 is 0 Å². The summed E-state index contributed by atoms with van der Waals surface area (Å²) in [6, 6.07) is 0. The van der Waals surface area contributed by atoms with E-state index in [1.165, 1.54) is 0 Å². The summed E-state index contributed by atoms with van der Waals surface area (Å²) in [6.45, 7) is 4.75. The molecule has 1 saturated carbocycles. The fourth-order valence-electron chi connectivity index (χ4n) is 3.65. The Balaban J connectivity index is 1.44. The van der Waals surface area contributed by atoms with E-state index in [4.69, 9.17) is 18.9 Å². The third-order valence-electron chi connectivity index (χ3n) is 5.32. The molecule has 1 aliphatic carbocycles. The average Bonchev–Trinajstić information content (AvgIpc) is 3.00. The van der Waals surface area contributed by atoms with Crippen molar-refractivity contribution in [3.8, 4) is 0 Å². The molecular weight excluding hydrogens is 272 g/mol. The Bertz CT molecular complexity index is 311. The summed E-state index contributed by atoms with van der Waals surface area (Å²) in [5.41, 5.74) is -0.105. The zero-order valence-electron chi connectivity index (χ0n) is 12.8. The fourth-order valence-corrected chi connectivity index (χ4v) is 3.65. The number of hydrogen-bond acceptors (Lipinski definition) is 5. The molecule has 0 aromatic carbocycles. The monoisotopic (exact) mass is 300 g/mol. The summed E-state index contributed by atoms with van der Waals surface area (Å²) in [7, 11) is 0. The first-order valence-electron chi connectivity index (χ1n) is 8.30.